The van der Waals surface area contributed by atoms with E-state index >= 15 is 0 Å². The van der Waals surface area contributed by atoms with Crippen LogP contribution < -0.4 is 23.8 Å². The summed E-state index contributed by atoms with van der Waals surface area (Å²) in [6, 6.07) is 20.7. The predicted molar refractivity (Wildman–Crippen MR) is 121 cm³/mol. The number of hydrogen-bond donors (Lipinski definition) is 1. The van der Waals surface area contributed by atoms with Crippen molar-refractivity contribution in [3.63, 3.8) is 0 Å². The fourth-order valence-corrected chi connectivity index (χ4v) is 4.06. The van der Waals surface area contributed by atoms with E-state index in [1.54, 1.807) is 54.6 Å². The summed E-state index contributed by atoms with van der Waals surface area (Å²) in [5.74, 6) is 1.47. The molecular weight excluding hydrogens is 432 g/mol. The molecule has 1 amide bonds. The summed E-state index contributed by atoms with van der Waals surface area (Å²) in [5, 5.41) is 2.71. The standard InChI is InChI=1S/C23H22N2O6S/c1-32(27,28)25(19-9-5-6-10-20(19)31-18-7-3-2-4-8-18)16-23(26)24-17-11-12-21-22(15-17)30-14-13-29-21/h2-12,15H,13-14,16H2,1H3,(H,24,26). The van der Waals surface area contributed by atoms with Crippen molar-refractivity contribution in [2.45, 2.75) is 0 Å². The van der Waals surface area contributed by atoms with Gasteiger partial charge in [0, 0.05) is 11.8 Å². The Bertz CT molecular complexity index is 1210. The van der Waals surface area contributed by atoms with Gasteiger partial charge >= 0.3 is 0 Å². The number of carbonyl (C=O) groups excluding carboxylic acids is 1. The molecule has 0 saturated heterocycles. The highest BCUT2D eigenvalue weighted by molar-refractivity contribution is 7.92. The van der Waals surface area contributed by atoms with Crippen molar-refractivity contribution in [3.8, 4) is 23.0 Å². The lowest BCUT2D eigenvalue weighted by Gasteiger charge is -2.24. The molecule has 0 unspecified atom stereocenters. The van der Waals surface area contributed by atoms with Gasteiger partial charge in [-0.2, -0.15) is 0 Å². The summed E-state index contributed by atoms with van der Waals surface area (Å²) in [5.41, 5.74) is 0.734. The molecule has 3 aromatic rings. The van der Waals surface area contributed by atoms with Gasteiger partial charge < -0.3 is 19.5 Å². The molecule has 0 bridgehead atoms. The van der Waals surface area contributed by atoms with Crippen LogP contribution in [-0.4, -0.2) is 40.3 Å². The number of para-hydroxylation sites is 3. The summed E-state index contributed by atoms with van der Waals surface area (Å²) in [4.78, 5) is 12.8. The van der Waals surface area contributed by atoms with E-state index in [0.717, 1.165) is 10.6 Å². The van der Waals surface area contributed by atoms with Gasteiger partial charge in [0.15, 0.2) is 17.2 Å². The van der Waals surface area contributed by atoms with E-state index in [0.29, 0.717) is 41.9 Å². The third-order valence-corrected chi connectivity index (χ3v) is 5.74. The van der Waals surface area contributed by atoms with Crippen LogP contribution in [0.15, 0.2) is 72.8 Å². The van der Waals surface area contributed by atoms with Crippen LogP contribution >= 0.6 is 0 Å². The molecule has 32 heavy (non-hydrogen) atoms. The number of fused-ring (bicyclic) bond motifs is 1. The van der Waals surface area contributed by atoms with Gasteiger partial charge in [0.05, 0.1) is 11.9 Å². The van der Waals surface area contributed by atoms with Crippen molar-refractivity contribution in [1.29, 1.82) is 0 Å². The van der Waals surface area contributed by atoms with E-state index < -0.39 is 22.5 Å². The number of sulfonamides is 1. The summed E-state index contributed by atoms with van der Waals surface area (Å²) >= 11 is 0. The van der Waals surface area contributed by atoms with Gasteiger partial charge in [0.1, 0.15) is 25.5 Å². The maximum Gasteiger partial charge on any atom is 0.245 e. The van der Waals surface area contributed by atoms with Crippen LogP contribution in [0, 0.1) is 0 Å². The molecule has 9 heteroatoms. The zero-order valence-corrected chi connectivity index (χ0v) is 18.2. The van der Waals surface area contributed by atoms with Crippen molar-refractivity contribution >= 4 is 27.3 Å². The molecular formula is C23H22N2O6S. The predicted octanol–water partition coefficient (Wildman–Crippen LogP) is 3.65. The Morgan fingerprint density at radius 3 is 2.41 bits per heavy atom. The van der Waals surface area contributed by atoms with Crippen molar-refractivity contribution < 1.29 is 27.4 Å². The number of nitrogens with zero attached hydrogens (tertiary/aromatic N) is 1. The van der Waals surface area contributed by atoms with E-state index in [1.165, 1.54) is 0 Å². The van der Waals surface area contributed by atoms with Crippen LogP contribution in [0.25, 0.3) is 0 Å². The summed E-state index contributed by atoms with van der Waals surface area (Å²) < 4.78 is 43.0. The van der Waals surface area contributed by atoms with E-state index in [-0.39, 0.29) is 5.69 Å². The normalized spacial score (nSPS) is 12.7. The first kappa shape index (κ1) is 21.5. The fraction of sp³-hybridized carbons (Fsp3) is 0.174. The Morgan fingerprint density at radius 2 is 1.66 bits per heavy atom. The number of anilines is 2. The number of carbonyl (C=O) groups is 1. The number of amides is 1. The fourth-order valence-electron chi connectivity index (χ4n) is 3.20. The van der Waals surface area contributed by atoms with E-state index in [4.69, 9.17) is 14.2 Å². The van der Waals surface area contributed by atoms with Gasteiger partial charge in [-0.3, -0.25) is 9.10 Å². The van der Waals surface area contributed by atoms with E-state index in [9.17, 15) is 13.2 Å². The van der Waals surface area contributed by atoms with Crippen molar-refractivity contribution in [3.05, 3.63) is 72.8 Å². The number of hydrogen-bond acceptors (Lipinski definition) is 6. The minimum atomic E-state index is -3.79. The molecule has 0 aliphatic carbocycles. The van der Waals surface area contributed by atoms with Crippen molar-refractivity contribution in [2.24, 2.45) is 0 Å². The highest BCUT2D eigenvalue weighted by Crippen LogP contribution is 2.34. The van der Waals surface area contributed by atoms with Crippen LogP contribution in [0.4, 0.5) is 11.4 Å². The van der Waals surface area contributed by atoms with Crippen molar-refractivity contribution in [2.75, 3.05) is 35.6 Å². The van der Waals surface area contributed by atoms with Crippen LogP contribution in [0.1, 0.15) is 0 Å². The van der Waals surface area contributed by atoms with E-state index in [1.807, 2.05) is 18.2 Å². The smallest absolute Gasteiger partial charge is 0.245 e. The third-order valence-electron chi connectivity index (χ3n) is 4.62. The first-order valence-electron chi connectivity index (χ1n) is 9.89. The average Bonchev–Trinajstić information content (AvgIpc) is 2.78. The molecule has 3 aromatic carbocycles. The Balaban J connectivity index is 1.56. The molecule has 166 valence electrons. The number of benzene rings is 3. The second-order valence-corrected chi connectivity index (χ2v) is 8.97. The maximum absolute atomic E-state index is 12.8. The van der Waals surface area contributed by atoms with Gasteiger partial charge in [-0.15, -0.1) is 0 Å². The van der Waals surface area contributed by atoms with Crippen LogP contribution in [0.2, 0.25) is 0 Å². The first-order valence-corrected chi connectivity index (χ1v) is 11.7. The van der Waals surface area contributed by atoms with Crippen LogP contribution in [0.5, 0.6) is 23.0 Å². The lowest BCUT2D eigenvalue weighted by Crippen LogP contribution is -2.37. The SMILES string of the molecule is CS(=O)(=O)N(CC(=O)Nc1ccc2c(c1)OCCO2)c1ccccc1Oc1ccccc1. The minimum absolute atomic E-state index is 0.260. The molecule has 0 fully saturated rings. The highest BCUT2D eigenvalue weighted by atomic mass is 32.2. The highest BCUT2D eigenvalue weighted by Gasteiger charge is 2.24. The maximum atomic E-state index is 12.8. The molecule has 0 spiro atoms. The van der Waals surface area contributed by atoms with Crippen LogP contribution in [0.3, 0.4) is 0 Å². The largest absolute Gasteiger partial charge is 0.486 e. The van der Waals surface area contributed by atoms with Crippen molar-refractivity contribution in [1.82, 2.24) is 0 Å². The monoisotopic (exact) mass is 454 g/mol. The Labute approximate surface area is 186 Å². The summed E-state index contributed by atoms with van der Waals surface area (Å²) in [6.07, 6.45) is 1.05. The summed E-state index contributed by atoms with van der Waals surface area (Å²) in [6.45, 7) is 0.458. The molecule has 0 atom stereocenters. The summed E-state index contributed by atoms with van der Waals surface area (Å²) in [7, 11) is -3.79. The van der Waals surface area contributed by atoms with Gasteiger partial charge in [-0.1, -0.05) is 30.3 Å². The molecule has 1 aliphatic rings. The molecule has 1 heterocycles. The Morgan fingerprint density at radius 1 is 0.969 bits per heavy atom. The van der Waals surface area contributed by atoms with Crippen LogP contribution in [-0.2, 0) is 14.8 Å². The van der Waals surface area contributed by atoms with Gasteiger partial charge in [-0.05, 0) is 36.4 Å². The van der Waals surface area contributed by atoms with Gasteiger partial charge in [0.2, 0.25) is 15.9 Å². The molecule has 8 nitrogen and oxygen atoms in total. The second kappa shape index (κ2) is 9.19. The second-order valence-electron chi connectivity index (χ2n) is 7.06. The molecule has 0 aromatic heterocycles. The molecule has 1 aliphatic heterocycles. The molecule has 4 rings (SSSR count). The Hall–Kier alpha value is -3.72. The van der Waals surface area contributed by atoms with Gasteiger partial charge in [0.25, 0.3) is 0 Å². The number of nitrogens with one attached hydrogen (secondary N) is 1. The molecule has 0 radical (unpaired) electrons. The zero-order chi connectivity index (χ0) is 22.6. The Kier molecular flexibility index (Phi) is 6.18. The number of ether oxygens (including phenoxy) is 3. The van der Waals surface area contributed by atoms with E-state index in [2.05, 4.69) is 5.32 Å². The average molecular weight is 455 g/mol. The molecule has 0 saturated carbocycles. The first-order chi connectivity index (χ1) is 15.4. The lowest BCUT2D eigenvalue weighted by molar-refractivity contribution is -0.114. The molecule has 1 N–H and O–H groups in total. The quantitative estimate of drug-likeness (QED) is 0.586. The minimum Gasteiger partial charge on any atom is -0.486 e. The lowest BCUT2D eigenvalue weighted by atomic mass is 10.2. The zero-order valence-electron chi connectivity index (χ0n) is 17.4. The topological polar surface area (TPSA) is 94.2 Å². The van der Waals surface area contributed by atoms with Gasteiger partial charge in [-0.25, -0.2) is 8.42 Å². The number of rotatable bonds is 7. The third kappa shape index (κ3) is 5.12.